The van der Waals surface area contributed by atoms with Crippen LogP contribution in [-0.4, -0.2) is 17.7 Å². The number of ether oxygens (including phenoxy) is 1. The normalized spacial score (nSPS) is 10.9. The molecule has 1 N–H and O–H groups in total. The molecule has 0 unspecified atom stereocenters. The molecule has 8 heteroatoms. The lowest BCUT2D eigenvalue weighted by Crippen LogP contribution is -2.01. The fourth-order valence-electron chi connectivity index (χ4n) is 1.64. The van der Waals surface area contributed by atoms with Crippen LogP contribution >= 0.6 is 0 Å². The van der Waals surface area contributed by atoms with Gasteiger partial charge in [-0.2, -0.15) is 13.9 Å². The van der Waals surface area contributed by atoms with Crippen molar-refractivity contribution in [3.63, 3.8) is 0 Å². The lowest BCUT2D eigenvalue weighted by Gasteiger charge is -2.04. The number of benzene rings is 2. The summed E-state index contributed by atoms with van der Waals surface area (Å²) < 4.78 is 28.2. The number of nitro benzene ring substituents is 1. The summed E-state index contributed by atoms with van der Waals surface area (Å²) in [5, 5.41) is 14.7. The van der Waals surface area contributed by atoms with Gasteiger partial charge in [-0.1, -0.05) is 12.1 Å². The number of alkyl halides is 2. The first kappa shape index (κ1) is 15.4. The number of halogens is 2. The van der Waals surface area contributed by atoms with E-state index >= 15 is 0 Å². The van der Waals surface area contributed by atoms with E-state index < -0.39 is 11.5 Å². The van der Waals surface area contributed by atoms with Crippen molar-refractivity contribution in [1.82, 2.24) is 0 Å². The van der Waals surface area contributed by atoms with Gasteiger partial charge in [0.25, 0.3) is 5.69 Å². The van der Waals surface area contributed by atoms with Gasteiger partial charge in [0.15, 0.2) is 0 Å². The summed E-state index contributed by atoms with van der Waals surface area (Å²) in [6.45, 7) is -2.88. The van der Waals surface area contributed by atoms with Gasteiger partial charge < -0.3 is 4.74 Å². The molecule has 0 saturated heterocycles. The van der Waals surface area contributed by atoms with Gasteiger partial charge >= 0.3 is 6.61 Å². The summed E-state index contributed by atoms with van der Waals surface area (Å²) in [6, 6.07) is 11.9. The highest BCUT2D eigenvalue weighted by atomic mass is 19.3. The van der Waals surface area contributed by atoms with Crippen LogP contribution in [0.4, 0.5) is 20.2 Å². The first-order chi connectivity index (χ1) is 10.6. The Morgan fingerprint density at radius 1 is 1.18 bits per heavy atom. The van der Waals surface area contributed by atoms with Gasteiger partial charge in [0, 0.05) is 6.07 Å². The maximum atomic E-state index is 12.0. The van der Waals surface area contributed by atoms with Gasteiger partial charge in [-0.05, 0) is 35.9 Å². The summed E-state index contributed by atoms with van der Waals surface area (Å²) in [6.07, 6.45) is 1.41. The Labute approximate surface area is 124 Å². The molecule has 0 aliphatic heterocycles. The number of rotatable bonds is 6. The van der Waals surface area contributed by atoms with E-state index in [9.17, 15) is 18.9 Å². The van der Waals surface area contributed by atoms with E-state index in [1.807, 2.05) is 0 Å². The number of hydrogen-bond acceptors (Lipinski definition) is 5. The Morgan fingerprint density at radius 2 is 1.86 bits per heavy atom. The zero-order chi connectivity index (χ0) is 15.9. The Morgan fingerprint density at radius 3 is 2.50 bits per heavy atom. The SMILES string of the molecule is O=[N+]([O-])c1ccccc1N/N=C\c1ccc(OC(F)F)cc1. The molecule has 0 bridgehead atoms. The van der Waals surface area contributed by atoms with Crippen molar-refractivity contribution in [3.8, 4) is 5.75 Å². The number of para-hydroxylation sites is 2. The summed E-state index contributed by atoms with van der Waals surface area (Å²) in [4.78, 5) is 10.3. The zero-order valence-corrected chi connectivity index (χ0v) is 11.1. The van der Waals surface area contributed by atoms with Crippen LogP contribution in [0.1, 0.15) is 5.56 Å². The molecular formula is C14H11F2N3O3. The minimum Gasteiger partial charge on any atom is -0.435 e. The Bertz CT molecular complexity index is 675. The van der Waals surface area contributed by atoms with E-state index in [0.29, 0.717) is 5.56 Å². The van der Waals surface area contributed by atoms with E-state index in [1.54, 1.807) is 12.1 Å². The van der Waals surface area contributed by atoms with Crippen LogP contribution in [0, 0.1) is 10.1 Å². The fourth-order valence-corrected chi connectivity index (χ4v) is 1.64. The van der Waals surface area contributed by atoms with Crippen LogP contribution in [0.3, 0.4) is 0 Å². The van der Waals surface area contributed by atoms with Crippen molar-refractivity contribution in [1.29, 1.82) is 0 Å². The molecule has 2 aromatic carbocycles. The van der Waals surface area contributed by atoms with Crippen LogP contribution in [0.2, 0.25) is 0 Å². The second kappa shape index (κ2) is 7.11. The van der Waals surface area contributed by atoms with E-state index in [-0.39, 0.29) is 17.1 Å². The largest absolute Gasteiger partial charge is 0.435 e. The second-order valence-electron chi connectivity index (χ2n) is 4.09. The predicted molar refractivity (Wildman–Crippen MR) is 77.4 cm³/mol. The van der Waals surface area contributed by atoms with Gasteiger partial charge in [-0.3, -0.25) is 15.5 Å². The van der Waals surface area contributed by atoms with E-state index in [4.69, 9.17) is 0 Å². The number of nitrogens with one attached hydrogen (secondary N) is 1. The molecule has 2 rings (SSSR count). The molecule has 0 spiro atoms. The summed E-state index contributed by atoms with van der Waals surface area (Å²) in [5.41, 5.74) is 3.34. The van der Waals surface area contributed by atoms with E-state index in [0.717, 1.165) is 0 Å². The molecule has 0 radical (unpaired) electrons. The first-order valence-corrected chi connectivity index (χ1v) is 6.13. The molecule has 0 aliphatic carbocycles. The molecule has 6 nitrogen and oxygen atoms in total. The Kier molecular flexibility index (Phi) is 4.97. The smallest absolute Gasteiger partial charge is 0.387 e. The third-order valence-corrected chi connectivity index (χ3v) is 2.60. The van der Waals surface area contributed by atoms with Crippen molar-refractivity contribution < 1.29 is 18.4 Å². The number of nitro groups is 1. The maximum absolute atomic E-state index is 12.0. The summed E-state index contributed by atoms with van der Waals surface area (Å²) >= 11 is 0. The Hall–Kier alpha value is -3.03. The Balaban J connectivity index is 2.02. The molecule has 0 fully saturated rings. The van der Waals surface area contributed by atoms with Crippen LogP contribution in [0.25, 0.3) is 0 Å². The molecule has 0 saturated carbocycles. The van der Waals surface area contributed by atoms with Gasteiger partial charge in [-0.15, -0.1) is 0 Å². The average molecular weight is 307 g/mol. The summed E-state index contributed by atoms with van der Waals surface area (Å²) in [5.74, 6) is 0.0406. The third-order valence-electron chi connectivity index (χ3n) is 2.60. The van der Waals surface area contributed by atoms with Crippen LogP contribution in [-0.2, 0) is 0 Å². The standard InChI is InChI=1S/C14H11F2N3O3/c15-14(16)22-11-7-5-10(6-8-11)9-17-18-12-3-1-2-4-13(12)19(20)21/h1-9,14,18H/b17-9-. The third kappa shape index (κ3) is 4.23. The molecule has 114 valence electrons. The topological polar surface area (TPSA) is 76.8 Å². The maximum Gasteiger partial charge on any atom is 0.387 e. The highest BCUT2D eigenvalue weighted by Crippen LogP contribution is 2.23. The average Bonchev–Trinajstić information content (AvgIpc) is 2.49. The second-order valence-corrected chi connectivity index (χ2v) is 4.09. The van der Waals surface area contributed by atoms with Gasteiger partial charge in [0.05, 0.1) is 11.1 Å². The molecule has 22 heavy (non-hydrogen) atoms. The van der Waals surface area contributed by atoms with Crippen molar-refractivity contribution in [2.45, 2.75) is 6.61 Å². The van der Waals surface area contributed by atoms with Crippen LogP contribution in [0.15, 0.2) is 53.6 Å². The van der Waals surface area contributed by atoms with Crippen molar-refractivity contribution in [3.05, 3.63) is 64.2 Å². The number of nitrogens with zero attached hydrogens (tertiary/aromatic N) is 2. The minimum absolute atomic E-state index is 0.0406. The van der Waals surface area contributed by atoms with Gasteiger partial charge in [0.1, 0.15) is 11.4 Å². The fraction of sp³-hybridized carbons (Fsp3) is 0.0714. The van der Waals surface area contributed by atoms with Crippen LogP contribution < -0.4 is 10.2 Å². The molecule has 2 aromatic rings. The zero-order valence-electron chi connectivity index (χ0n) is 11.1. The number of hydrazone groups is 1. The first-order valence-electron chi connectivity index (χ1n) is 6.13. The van der Waals surface area contributed by atoms with Crippen molar-refractivity contribution in [2.75, 3.05) is 5.43 Å². The summed E-state index contributed by atoms with van der Waals surface area (Å²) in [7, 11) is 0. The van der Waals surface area contributed by atoms with E-state index in [2.05, 4.69) is 15.3 Å². The highest BCUT2D eigenvalue weighted by Gasteiger charge is 2.10. The molecule has 0 aliphatic rings. The van der Waals surface area contributed by atoms with Crippen molar-refractivity contribution >= 4 is 17.6 Å². The number of anilines is 1. The van der Waals surface area contributed by atoms with Gasteiger partial charge in [-0.25, -0.2) is 0 Å². The number of hydrogen-bond donors (Lipinski definition) is 1. The lowest BCUT2D eigenvalue weighted by molar-refractivity contribution is -0.384. The predicted octanol–water partition coefficient (Wildman–Crippen LogP) is 3.64. The molecule has 0 aromatic heterocycles. The highest BCUT2D eigenvalue weighted by molar-refractivity contribution is 5.80. The van der Waals surface area contributed by atoms with Crippen LogP contribution in [0.5, 0.6) is 5.75 Å². The molecular weight excluding hydrogens is 296 g/mol. The van der Waals surface area contributed by atoms with Gasteiger partial charge in [0.2, 0.25) is 0 Å². The minimum atomic E-state index is -2.88. The molecule has 0 atom stereocenters. The van der Waals surface area contributed by atoms with Crippen molar-refractivity contribution in [2.24, 2.45) is 5.10 Å². The molecule has 0 heterocycles. The quantitative estimate of drug-likeness (QED) is 0.502. The monoisotopic (exact) mass is 307 g/mol. The lowest BCUT2D eigenvalue weighted by atomic mass is 10.2. The molecule has 0 amide bonds. The van der Waals surface area contributed by atoms with E-state index in [1.165, 1.54) is 42.6 Å².